The first-order chi connectivity index (χ1) is 12.1. The minimum Gasteiger partial charge on any atom is -0.467 e. The molecule has 1 heterocycles. The van der Waals surface area contributed by atoms with Gasteiger partial charge in [0.05, 0.1) is 13.0 Å². The van der Waals surface area contributed by atoms with Gasteiger partial charge in [-0.1, -0.05) is 67.6 Å². The maximum atomic E-state index is 13.4. The number of nitrogens with zero attached hydrogens (tertiary/aromatic N) is 1. The molecule has 0 unspecified atom stereocenters. The van der Waals surface area contributed by atoms with Crippen LogP contribution in [0.3, 0.4) is 0 Å². The fourth-order valence-electron chi connectivity index (χ4n) is 3.58. The Morgan fingerprint density at radius 3 is 2.00 bits per heavy atom. The van der Waals surface area contributed by atoms with Gasteiger partial charge in [-0.25, -0.2) is 4.79 Å². The number of esters is 1. The predicted molar refractivity (Wildman–Crippen MR) is 96.0 cm³/mol. The number of hydrogen-bond acceptors (Lipinski definition) is 3. The summed E-state index contributed by atoms with van der Waals surface area (Å²) in [5.74, 6) is -0.519. The number of likely N-dealkylation sites (tertiary alicyclic amines) is 1. The first kappa shape index (κ1) is 17.2. The molecule has 0 saturated carbocycles. The van der Waals surface area contributed by atoms with Crippen LogP contribution in [0.4, 0.5) is 0 Å². The van der Waals surface area contributed by atoms with Crippen molar-refractivity contribution in [1.29, 1.82) is 0 Å². The van der Waals surface area contributed by atoms with Crippen molar-refractivity contribution in [2.45, 2.75) is 25.3 Å². The Kier molecular flexibility index (Phi) is 5.17. The minimum absolute atomic E-state index is 0.0443. The number of methoxy groups -OCH3 is 1. The molecule has 2 atom stereocenters. The lowest BCUT2D eigenvalue weighted by atomic mass is 9.90. The normalized spacial score (nSPS) is 19.9. The smallest absolute Gasteiger partial charge is 0.328 e. The summed E-state index contributed by atoms with van der Waals surface area (Å²) in [6.45, 7) is 2.64. The van der Waals surface area contributed by atoms with E-state index >= 15 is 0 Å². The Hall–Kier alpha value is -2.62. The quantitative estimate of drug-likeness (QED) is 0.805. The monoisotopic (exact) mass is 337 g/mol. The van der Waals surface area contributed by atoms with Gasteiger partial charge in [-0.05, 0) is 23.5 Å². The summed E-state index contributed by atoms with van der Waals surface area (Å²) < 4.78 is 4.92. The van der Waals surface area contributed by atoms with Gasteiger partial charge in [-0.3, -0.25) is 4.79 Å². The molecule has 1 saturated heterocycles. The fraction of sp³-hybridized carbons (Fsp3) is 0.333. The first-order valence-corrected chi connectivity index (χ1v) is 8.60. The molecule has 0 radical (unpaired) electrons. The topological polar surface area (TPSA) is 46.6 Å². The van der Waals surface area contributed by atoms with Gasteiger partial charge in [0, 0.05) is 6.54 Å². The Labute approximate surface area is 148 Å². The van der Waals surface area contributed by atoms with E-state index < -0.39 is 12.0 Å². The van der Waals surface area contributed by atoms with Gasteiger partial charge in [0.15, 0.2) is 0 Å². The number of carbonyl (C=O) groups excluding carboxylic acids is 2. The molecule has 2 aromatic rings. The molecule has 1 amide bonds. The van der Waals surface area contributed by atoms with Gasteiger partial charge < -0.3 is 9.64 Å². The van der Waals surface area contributed by atoms with Crippen molar-refractivity contribution in [3.8, 4) is 0 Å². The molecule has 0 bridgehead atoms. The lowest BCUT2D eigenvalue weighted by molar-refractivity contribution is -0.151. The SMILES string of the molecule is COC(=O)[C@@H]1C[C@@H](C)CN1C(=O)C(c1ccccc1)c1ccccc1. The molecule has 4 nitrogen and oxygen atoms in total. The van der Waals surface area contributed by atoms with Crippen molar-refractivity contribution in [3.05, 3.63) is 71.8 Å². The van der Waals surface area contributed by atoms with Gasteiger partial charge in [0.1, 0.15) is 6.04 Å². The molecule has 0 spiro atoms. The van der Waals surface area contributed by atoms with Crippen molar-refractivity contribution in [2.75, 3.05) is 13.7 Å². The molecule has 130 valence electrons. The minimum atomic E-state index is -0.498. The highest BCUT2D eigenvalue weighted by atomic mass is 16.5. The van der Waals surface area contributed by atoms with E-state index in [0.717, 1.165) is 11.1 Å². The molecule has 3 rings (SSSR count). The fourth-order valence-corrected chi connectivity index (χ4v) is 3.58. The number of rotatable bonds is 4. The Balaban J connectivity index is 1.98. The Bertz CT molecular complexity index is 690. The molecular formula is C21H23NO3. The predicted octanol–water partition coefficient (Wildman–Crippen LogP) is 3.23. The first-order valence-electron chi connectivity index (χ1n) is 8.60. The zero-order valence-electron chi connectivity index (χ0n) is 14.6. The second kappa shape index (κ2) is 7.51. The van der Waals surface area contributed by atoms with E-state index in [2.05, 4.69) is 6.92 Å². The molecule has 1 aliphatic rings. The molecule has 1 fully saturated rings. The lowest BCUT2D eigenvalue weighted by Crippen LogP contribution is -2.43. The van der Waals surface area contributed by atoms with Crippen molar-refractivity contribution in [2.24, 2.45) is 5.92 Å². The van der Waals surface area contributed by atoms with E-state index in [-0.39, 0.29) is 17.8 Å². The third kappa shape index (κ3) is 3.58. The highest BCUT2D eigenvalue weighted by Crippen LogP contribution is 2.32. The second-order valence-corrected chi connectivity index (χ2v) is 6.62. The number of carbonyl (C=O) groups is 2. The van der Waals surface area contributed by atoms with Gasteiger partial charge in [0.2, 0.25) is 5.91 Å². The van der Waals surface area contributed by atoms with Crippen molar-refractivity contribution < 1.29 is 14.3 Å². The summed E-state index contributed by atoms with van der Waals surface area (Å²) in [5, 5.41) is 0. The summed E-state index contributed by atoms with van der Waals surface area (Å²) >= 11 is 0. The van der Waals surface area contributed by atoms with Crippen molar-refractivity contribution in [1.82, 2.24) is 4.90 Å². The van der Waals surface area contributed by atoms with Crippen LogP contribution in [0.25, 0.3) is 0 Å². The van der Waals surface area contributed by atoms with Crippen LogP contribution in [0.1, 0.15) is 30.4 Å². The van der Waals surface area contributed by atoms with Gasteiger partial charge in [-0.15, -0.1) is 0 Å². The maximum Gasteiger partial charge on any atom is 0.328 e. The van der Waals surface area contributed by atoms with E-state index in [1.54, 1.807) is 4.90 Å². The molecule has 0 aromatic heterocycles. The van der Waals surface area contributed by atoms with Crippen LogP contribution in [-0.4, -0.2) is 36.5 Å². The van der Waals surface area contributed by atoms with Crippen molar-refractivity contribution >= 4 is 11.9 Å². The third-order valence-electron chi connectivity index (χ3n) is 4.78. The van der Waals surface area contributed by atoms with Crippen molar-refractivity contribution in [3.63, 3.8) is 0 Å². The molecule has 25 heavy (non-hydrogen) atoms. The zero-order valence-corrected chi connectivity index (χ0v) is 14.6. The number of benzene rings is 2. The highest BCUT2D eigenvalue weighted by Gasteiger charge is 2.41. The molecule has 4 heteroatoms. The van der Waals surface area contributed by atoms with E-state index in [0.29, 0.717) is 13.0 Å². The molecule has 0 aliphatic carbocycles. The zero-order chi connectivity index (χ0) is 17.8. The van der Waals surface area contributed by atoms with Crippen LogP contribution < -0.4 is 0 Å². The highest BCUT2D eigenvalue weighted by molar-refractivity contribution is 5.91. The summed E-state index contributed by atoms with van der Waals surface area (Å²) in [6.07, 6.45) is 0.648. The van der Waals surface area contributed by atoms with Crippen LogP contribution in [0.5, 0.6) is 0 Å². The molecule has 0 N–H and O–H groups in total. The summed E-state index contributed by atoms with van der Waals surface area (Å²) in [7, 11) is 1.37. The van der Waals surface area contributed by atoms with Crippen LogP contribution in [0, 0.1) is 5.92 Å². The molecule has 2 aromatic carbocycles. The van der Waals surface area contributed by atoms with E-state index in [9.17, 15) is 9.59 Å². The lowest BCUT2D eigenvalue weighted by Gasteiger charge is -2.28. The van der Waals surface area contributed by atoms with Gasteiger partial charge in [0.25, 0.3) is 0 Å². The van der Waals surface area contributed by atoms with Crippen LogP contribution >= 0.6 is 0 Å². The van der Waals surface area contributed by atoms with E-state index in [4.69, 9.17) is 4.74 Å². The van der Waals surface area contributed by atoms with E-state index in [1.165, 1.54) is 7.11 Å². The van der Waals surface area contributed by atoms with Crippen LogP contribution in [0.15, 0.2) is 60.7 Å². The Morgan fingerprint density at radius 1 is 1.00 bits per heavy atom. The largest absolute Gasteiger partial charge is 0.467 e. The molecule has 1 aliphatic heterocycles. The summed E-state index contributed by atoms with van der Waals surface area (Å²) in [4.78, 5) is 27.3. The van der Waals surface area contributed by atoms with Crippen LogP contribution in [-0.2, 0) is 14.3 Å². The average molecular weight is 337 g/mol. The standard InChI is InChI=1S/C21H23NO3/c1-15-13-18(21(24)25-2)22(14-15)20(23)19(16-9-5-3-6-10-16)17-11-7-4-8-12-17/h3-12,15,18-19H,13-14H2,1-2H3/t15-,18+/m1/s1. The number of hydrogen-bond donors (Lipinski definition) is 0. The summed E-state index contributed by atoms with van der Waals surface area (Å²) in [6, 6.07) is 18.9. The van der Waals surface area contributed by atoms with E-state index in [1.807, 2.05) is 60.7 Å². The average Bonchev–Trinajstić information content (AvgIpc) is 3.05. The third-order valence-corrected chi connectivity index (χ3v) is 4.78. The van der Waals surface area contributed by atoms with Gasteiger partial charge in [-0.2, -0.15) is 0 Å². The summed E-state index contributed by atoms with van der Waals surface area (Å²) in [5.41, 5.74) is 1.86. The van der Waals surface area contributed by atoms with Crippen LogP contribution in [0.2, 0.25) is 0 Å². The number of amides is 1. The maximum absolute atomic E-state index is 13.4. The number of ether oxygens (including phenoxy) is 1. The molecular weight excluding hydrogens is 314 g/mol. The Morgan fingerprint density at radius 2 is 1.52 bits per heavy atom. The van der Waals surface area contributed by atoms with Gasteiger partial charge >= 0.3 is 5.97 Å². The second-order valence-electron chi connectivity index (χ2n) is 6.62.